The maximum Gasteiger partial charge on any atom is 0.145 e. The summed E-state index contributed by atoms with van der Waals surface area (Å²) in [6.07, 6.45) is 0. The Morgan fingerprint density at radius 2 is 1.09 bits per heavy atom. The lowest BCUT2D eigenvalue weighted by Crippen LogP contribution is -2.16. The number of benzene rings is 2. The smallest absolute Gasteiger partial charge is 0.145 e. The van der Waals surface area contributed by atoms with E-state index in [0.717, 1.165) is 11.5 Å². The van der Waals surface area contributed by atoms with Crippen LogP contribution in [0.25, 0.3) is 0 Å². The first-order valence-electron chi connectivity index (χ1n) is 7.48. The summed E-state index contributed by atoms with van der Waals surface area (Å²) in [6.45, 7) is 5.30. The molecule has 2 aromatic carbocycles. The highest BCUT2D eigenvalue weighted by atomic mass is 80.0. The summed E-state index contributed by atoms with van der Waals surface area (Å²) >= 11 is 11.1. The first-order chi connectivity index (χ1) is 11.0. The zero-order chi connectivity index (χ0) is 16.9. The SMILES string of the molecule is CCOc1ccc(C(c2ccc(OCC)cc2)C(Br)(Br)Br)cc1. The van der Waals surface area contributed by atoms with Gasteiger partial charge in [-0.3, -0.25) is 0 Å². The van der Waals surface area contributed by atoms with Gasteiger partial charge in [0.05, 0.1) is 13.2 Å². The number of hydrogen-bond donors (Lipinski definition) is 0. The Kier molecular flexibility index (Phi) is 6.99. The second kappa shape index (κ2) is 8.54. The van der Waals surface area contributed by atoms with Gasteiger partial charge in [0, 0.05) is 5.92 Å². The van der Waals surface area contributed by atoms with Gasteiger partial charge in [0.2, 0.25) is 0 Å². The van der Waals surface area contributed by atoms with Crippen molar-refractivity contribution < 1.29 is 9.47 Å². The Labute approximate surface area is 163 Å². The Hall–Kier alpha value is -0.520. The van der Waals surface area contributed by atoms with Crippen LogP contribution < -0.4 is 9.47 Å². The number of rotatable bonds is 6. The summed E-state index contributed by atoms with van der Waals surface area (Å²) in [7, 11) is 0. The van der Waals surface area contributed by atoms with Gasteiger partial charge >= 0.3 is 0 Å². The number of halogens is 3. The molecule has 0 aliphatic rings. The second-order valence-electron chi connectivity index (χ2n) is 4.98. The molecule has 0 atom stereocenters. The van der Waals surface area contributed by atoms with E-state index in [4.69, 9.17) is 9.47 Å². The van der Waals surface area contributed by atoms with E-state index in [9.17, 15) is 0 Å². The standard InChI is InChI=1S/C18H19Br3O2/c1-3-22-15-9-5-13(6-10-15)17(18(19,20)21)14-7-11-16(12-8-14)23-4-2/h5-12,17H,3-4H2,1-2H3. The first kappa shape index (κ1) is 18.8. The monoisotopic (exact) mass is 504 g/mol. The lowest BCUT2D eigenvalue weighted by atomic mass is 9.93. The molecule has 0 unspecified atom stereocenters. The molecule has 23 heavy (non-hydrogen) atoms. The molecule has 0 N–H and O–H groups in total. The van der Waals surface area contributed by atoms with Crippen LogP contribution in [-0.2, 0) is 0 Å². The van der Waals surface area contributed by atoms with Crippen LogP contribution in [0.4, 0.5) is 0 Å². The molecule has 2 nitrogen and oxygen atoms in total. The van der Waals surface area contributed by atoms with Crippen LogP contribution in [0, 0.1) is 0 Å². The van der Waals surface area contributed by atoms with E-state index < -0.39 is 2.14 Å². The van der Waals surface area contributed by atoms with Crippen molar-refractivity contribution in [2.24, 2.45) is 0 Å². The molecule has 0 aliphatic heterocycles. The van der Waals surface area contributed by atoms with Gasteiger partial charge in [-0.15, -0.1) is 0 Å². The fourth-order valence-corrected chi connectivity index (χ4v) is 4.00. The Balaban J connectivity index is 2.33. The topological polar surface area (TPSA) is 18.5 Å². The first-order valence-corrected chi connectivity index (χ1v) is 9.85. The third-order valence-corrected chi connectivity index (χ3v) is 4.75. The van der Waals surface area contributed by atoms with E-state index >= 15 is 0 Å². The zero-order valence-corrected chi connectivity index (χ0v) is 17.8. The summed E-state index contributed by atoms with van der Waals surface area (Å²) < 4.78 is 10.6. The van der Waals surface area contributed by atoms with Crippen LogP contribution in [0.2, 0.25) is 0 Å². The van der Waals surface area contributed by atoms with Crippen molar-refractivity contribution in [3.8, 4) is 11.5 Å². The van der Waals surface area contributed by atoms with Crippen molar-refractivity contribution in [3.05, 3.63) is 59.7 Å². The Morgan fingerprint density at radius 3 is 1.35 bits per heavy atom. The highest BCUT2D eigenvalue weighted by Crippen LogP contribution is 2.50. The van der Waals surface area contributed by atoms with Crippen molar-refractivity contribution in [2.75, 3.05) is 13.2 Å². The highest BCUT2D eigenvalue weighted by molar-refractivity contribution is 9.39. The molecule has 0 aliphatic carbocycles. The van der Waals surface area contributed by atoms with Crippen LogP contribution in [-0.4, -0.2) is 15.4 Å². The molecule has 2 rings (SSSR count). The summed E-state index contributed by atoms with van der Waals surface area (Å²) in [5.41, 5.74) is 2.34. The molecule has 0 heterocycles. The average molecular weight is 507 g/mol. The minimum Gasteiger partial charge on any atom is -0.494 e. The van der Waals surface area contributed by atoms with Crippen molar-refractivity contribution >= 4 is 47.8 Å². The predicted octanol–water partition coefficient (Wildman–Crippen LogP) is 6.45. The van der Waals surface area contributed by atoms with Crippen LogP contribution >= 0.6 is 47.8 Å². The van der Waals surface area contributed by atoms with Crippen molar-refractivity contribution in [1.82, 2.24) is 0 Å². The fourth-order valence-electron chi connectivity index (χ4n) is 2.42. The van der Waals surface area contributed by atoms with E-state index in [1.54, 1.807) is 0 Å². The molecular weight excluding hydrogens is 488 g/mol. The molecule has 0 amide bonds. The average Bonchev–Trinajstić information content (AvgIpc) is 2.50. The maximum atomic E-state index is 5.52. The quantitative estimate of drug-likeness (QED) is 0.419. The fraction of sp³-hybridized carbons (Fsp3) is 0.333. The van der Waals surface area contributed by atoms with Crippen LogP contribution in [0.1, 0.15) is 30.9 Å². The zero-order valence-electron chi connectivity index (χ0n) is 13.1. The normalized spacial score (nSPS) is 11.6. The largest absolute Gasteiger partial charge is 0.494 e. The lowest BCUT2D eigenvalue weighted by molar-refractivity contribution is 0.340. The molecule has 124 valence electrons. The predicted molar refractivity (Wildman–Crippen MR) is 107 cm³/mol. The summed E-state index contributed by atoms with van der Waals surface area (Å²) in [5.74, 6) is 1.84. The minimum absolute atomic E-state index is 0.0776. The van der Waals surface area contributed by atoms with Crippen LogP contribution in [0.15, 0.2) is 48.5 Å². The third-order valence-electron chi connectivity index (χ3n) is 3.38. The highest BCUT2D eigenvalue weighted by Gasteiger charge is 2.33. The second-order valence-corrected chi connectivity index (χ2v) is 11.9. The van der Waals surface area contributed by atoms with Gasteiger partial charge in [-0.05, 0) is 49.2 Å². The molecule has 0 fully saturated rings. The van der Waals surface area contributed by atoms with E-state index in [1.807, 2.05) is 38.1 Å². The van der Waals surface area contributed by atoms with Crippen molar-refractivity contribution in [1.29, 1.82) is 0 Å². The van der Waals surface area contributed by atoms with Gasteiger partial charge in [-0.1, -0.05) is 72.1 Å². The molecule has 0 bridgehead atoms. The van der Waals surface area contributed by atoms with Crippen LogP contribution in [0.3, 0.4) is 0 Å². The summed E-state index contributed by atoms with van der Waals surface area (Å²) in [6, 6.07) is 16.3. The lowest BCUT2D eigenvalue weighted by Gasteiger charge is -2.27. The van der Waals surface area contributed by atoms with Crippen molar-refractivity contribution in [3.63, 3.8) is 0 Å². The maximum absolute atomic E-state index is 5.52. The molecule has 0 saturated carbocycles. The van der Waals surface area contributed by atoms with Crippen molar-refractivity contribution in [2.45, 2.75) is 21.9 Å². The number of hydrogen-bond acceptors (Lipinski definition) is 2. The Bertz CT molecular complexity index is 554. The van der Waals surface area contributed by atoms with E-state index in [2.05, 4.69) is 72.1 Å². The van der Waals surface area contributed by atoms with E-state index in [0.29, 0.717) is 13.2 Å². The van der Waals surface area contributed by atoms with E-state index in [-0.39, 0.29) is 5.92 Å². The molecule has 5 heteroatoms. The molecule has 0 saturated heterocycles. The van der Waals surface area contributed by atoms with E-state index in [1.165, 1.54) is 11.1 Å². The van der Waals surface area contributed by atoms with Gasteiger partial charge in [0.15, 0.2) is 0 Å². The molecule has 0 radical (unpaired) electrons. The van der Waals surface area contributed by atoms with Gasteiger partial charge in [-0.2, -0.15) is 0 Å². The minimum atomic E-state index is -0.437. The van der Waals surface area contributed by atoms with Gasteiger partial charge < -0.3 is 9.47 Å². The van der Waals surface area contributed by atoms with Gasteiger partial charge in [-0.25, -0.2) is 0 Å². The molecule has 0 spiro atoms. The Morgan fingerprint density at radius 1 is 0.739 bits per heavy atom. The molecular formula is C18H19Br3O2. The summed E-state index contributed by atoms with van der Waals surface area (Å²) in [5, 5.41) is 0. The number of alkyl halides is 3. The van der Waals surface area contributed by atoms with Crippen LogP contribution in [0.5, 0.6) is 11.5 Å². The summed E-state index contributed by atoms with van der Waals surface area (Å²) in [4.78, 5) is 0. The molecule has 2 aromatic rings. The number of ether oxygens (including phenoxy) is 2. The van der Waals surface area contributed by atoms with Gasteiger partial charge in [0.25, 0.3) is 0 Å². The molecule has 0 aromatic heterocycles. The third kappa shape index (κ3) is 5.23. The van der Waals surface area contributed by atoms with Gasteiger partial charge in [0.1, 0.15) is 13.6 Å².